The van der Waals surface area contributed by atoms with Crippen molar-refractivity contribution in [1.29, 1.82) is 0 Å². The molecule has 4 aromatic carbocycles. The average Bonchev–Trinajstić information content (AvgIpc) is 3.04. The number of nitrogens with zero attached hydrogens (tertiary/aromatic N) is 2. The van der Waals surface area contributed by atoms with Gasteiger partial charge in [0.05, 0.1) is 10.6 Å². The van der Waals surface area contributed by atoms with E-state index in [4.69, 9.17) is 11.6 Å². The van der Waals surface area contributed by atoms with E-state index in [2.05, 4.69) is 5.32 Å². The molecule has 1 N–H and O–H groups in total. The molecular weight excluding hydrogens is 618 g/mol. The molecule has 9 heteroatoms. The van der Waals surface area contributed by atoms with Crippen LogP contribution in [0.25, 0.3) is 0 Å². The first-order valence-corrected chi connectivity index (χ1v) is 17.3. The Kier molecular flexibility index (Phi) is 11.7. The summed E-state index contributed by atoms with van der Waals surface area (Å²) in [5.41, 5.74) is 4.36. The number of rotatable bonds is 13. The fourth-order valence-electron chi connectivity index (χ4n) is 5.14. The van der Waals surface area contributed by atoms with Crippen LogP contribution in [-0.4, -0.2) is 43.8 Å². The Balaban J connectivity index is 1.85. The first-order chi connectivity index (χ1) is 21.9. The Morgan fingerprint density at radius 3 is 2.13 bits per heavy atom. The summed E-state index contributed by atoms with van der Waals surface area (Å²) in [5, 5.41) is 3.50. The predicted octanol–water partition coefficient (Wildman–Crippen LogP) is 7.02. The van der Waals surface area contributed by atoms with Crippen LogP contribution in [0.15, 0.2) is 102 Å². The minimum absolute atomic E-state index is 0.00908. The molecule has 0 aliphatic carbocycles. The molecule has 4 aromatic rings. The molecular formula is C37H42ClN3O4S. The standard InChI is InChI=1S/C37H42ClN3O4S/c1-6-29(5)39-37(43)35(23-30-12-8-7-9-13-30)40(24-31-14-10-11-15-33(31)38)36(42)25-41(34-22-27(3)16-19-28(34)4)46(44,45)32-20-17-26(2)18-21-32/h7-22,29,35H,6,23-25H2,1-5H3,(H,39,43)/t29-,35-/m1/s1. The Morgan fingerprint density at radius 1 is 0.848 bits per heavy atom. The fourth-order valence-corrected chi connectivity index (χ4v) is 6.81. The van der Waals surface area contributed by atoms with Crippen LogP contribution in [0, 0.1) is 20.8 Å². The van der Waals surface area contributed by atoms with Crippen molar-refractivity contribution in [3.05, 3.63) is 130 Å². The third-order valence-corrected chi connectivity index (χ3v) is 10.2. The molecule has 0 aliphatic rings. The molecule has 0 unspecified atom stereocenters. The maximum Gasteiger partial charge on any atom is 0.264 e. The van der Waals surface area contributed by atoms with Crippen LogP contribution >= 0.6 is 11.6 Å². The Morgan fingerprint density at radius 2 is 1.48 bits per heavy atom. The van der Waals surface area contributed by atoms with Crippen molar-refractivity contribution in [3.63, 3.8) is 0 Å². The van der Waals surface area contributed by atoms with E-state index >= 15 is 0 Å². The van der Waals surface area contributed by atoms with E-state index in [1.165, 1.54) is 4.90 Å². The van der Waals surface area contributed by atoms with Gasteiger partial charge in [-0.3, -0.25) is 13.9 Å². The van der Waals surface area contributed by atoms with Crippen molar-refractivity contribution in [1.82, 2.24) is 10.2 Å². The topological polar surface area (TPSA) is 86.8 Å². The van der Waals surface area contributed by atoms with Crippen LogP contribution in [0.4, 0.5) is 5.69 Å². The summed E-state index contributed by atoms with van der Waals surface area (Å²) in [6, 6.07) is 27.6. The highest BCUT2D eigenvalue weighted by Gasteiger charge is 2.35. The summed E-state index contributed by atoms with van der Waals surface area (Å²) in [5.74, 6) is -0.852. The highest BCUT2D eigenvalue weighted by atomic mass is 35.5. The lowest BCUT2D eigenvalue weighted by Crippen LogP contribution is -2.54. The van der Waals surface area contributed by atoms with Crippen molar-refractivity contribution < 1.29 is 18.0 Å². The van der Waals surface area contributed by atoms with Crippen LogP contribution in [0.5, 0.6) is 0 Å². The van der Waals surface area contributed by atoms with E-state index < -0.39 is 28.5 Å². The summed E-state index contributed by atoms with van der Waals surface area (Å²) in [7, 11) is -4.19. The molecule has 0 saturated heterocycles. The van der Waals surface area contributed by atoms with E-state index in [1.54, 1.807) is 48.5 Å². The lowest BCUT2D eigenvalue weighted by molar-refractivity contribution is -0.140. The molecule has 4 rings (SSSR count). The maximum absolute atomic E-state index is 14.7. The largest absolute Gasteiger partial charge is 0.352 e. The smallest absolute Gasteiger partial charge is 0.264 e. The number of anilines is 1. The summed E-state index contributed by atoms with van der Waals surface area (Å²) in [4.78, 5) is 30.2. The zero-order chi connectivity index (χ0) is 33.4. The molecule has 0 fully saturated rings. The van der Waals surface area contributed by atoms with E-state index in [0.29, 0.717) is 28.3 Å². The average molecular weight is 660 g/mol. The molecule has 2 atom stereocenters. The minimum atomic E-state index is -4.19. The Hall–Kier alpha value is -4.14. The van der Waals surface area contributed by atoms with Gasteiger partial charge in [-0.15, -0.1) is 0 Å². The number of benzene rings is 4. The van der Waals surface area contributed by atoms with Crippen molar-refractivity contribution in [2.75, 3.05) is 10.8 Å². The van der Waals surface area contributed by atoms with Gasteiger partial charge >= 0.3 is 0 Å². The number of carbonyl (C=O) groups excluding carboxylic acids is 2. The summed E-state index contributed by atoms with van der Waals surface area (Å²) in [6.45, 7) is 8.95. The van der Waals surface area contributed by atoms with Gasteiger partial charge in [-0.2, -0.15) is 0 Å². The van der Waals surface area contributed by atoms with Gasteiger partial charge in [-0.05, 0) is 80.6 Å². The molecule has 0 radical (unpaired) electrons. The summed E-state index contributed by atoms with van der Waals surface area (Å²) >= 11 is 6.58. The molecule has 0 spiro atoms. The van der Waals surface area contributed by atoms with E-state index in [1.807, 2.05) is 83.1 Å². The van der Waals surface area contributed by atoms with Crippen LogP contribution in [0.2, 0.25) is 5.02 Å². The SMILES string of the molecule is CC[C@@H](C)NC(=O)[C@@H](Cc1ccccc1)N(Cc1ccccc1Cl)C(=O)CN(c1cc(C)ccc1C)S(=O)(=O)c1ccc(C)cc1. The monoisotopic (exact) mass is 659 g/mol. The zero-order valence-corrected chi connectivity index (χ0v) is 28.6. The van der Waals surface area contributed by atoms with Crippen molar-refractivity contribution >= 4 is 39.1 Å². The fraction of sp³-hybridized carbons (Fsp3) is 0.297. The number of hydrogen-bond donors (Lipinski definition) is 1. The van der Waals surface area contributed by atoms with Crippen molar-refractivity contribution in [3.8, 4) is 0 Å². The van der Waals surface area contributed by atoms with Crippen LogP contribution < -0.4 is 9.62 Å². The normalized spacial score (nSPS) is 12.7. The Bertz CT molecular complexity index is 1760. The predicted molar refractivity (Wildman–Crippen MR) is 185 cm³/mol. The number of aryl methyl sites for hydroxylation is 3. The first kappa shape index (κ1) is 34.7. The highest BCUT2D eigenvalue weighted by molar-refractivity contribution is 7.92. The Labute approximate surface area is 278 Å². The number of nitrogens with one attached hydrogen (secondary N) is 1. The van der Waals surface area contributed by atoms with Crippen molar-refractivity contribution in [2.24, 2.45) is 0 Å². The second-order valence-corrected chi connectivity index (χ2v) is 14.0. The van der Waals surface area contributed by atoms with Gasteiger partial charge in [-0.1, -0.05) is 96.9 Å². The number of hydrogen-bond acceptors (Lipinski definition) is 4. The number of sulfonamides is 1. The number of carbonyl (C=O) groups is 2. The highest BCUT2D eigenvalue weighted by Crippen LogP contribution is 2.29. The molecule has 7 nitrogen and oxygen atoms in total. The van der Waals surface area contributed by atoms with Gasteiger partial charge in [0, 0.05) is 24.0 Å². The maximum atomic E-state index is 14.7. The van der Waals surface area contributed by atoms with E-state index in [0.717, 1.165) is 21.0 Å². The van der Waals surface area contributed by atoms with E-state index in [9.17, 15) is 18.0 Å². The molecule has 0 heterocycles. The minimum Gasteiger partial charge on any atom is -0.352 e. The molecule has 0 aromatic heterocycles. The number of amides is 2. The lowest BCUT2D eigenvalue weighted by atomic mass is 10.0. The quantitative estimate of drug-likeness (QED) is 0.167. The van der Waals surface area contributed by atoms with Crippen molar-refractivity contribution in [2.45, 2.75) is 71.0 Å². The second kappa shape index (κ2) is 15.4. The van der Waals surface area contributed by atoms with Gasteiger partial charge in [0.2, 0.25) is 11.8 Å². The van der Waals surface area contributed by atoms with Gasteiger partial charge < -0.3 is 10.2 Å². The third kappa shape index (κ3) is 8.56. The molecule has 242 valence electrons. The van der Waals surface area contributed by atoms with Gasteiger partial charge in [0.15, 0.2) is 0 Å². The molecule has 46 heavy (non-hydrogen) atoms. The summed E-state index contributed by atoms with van der Waals surface area (Å²) < 4.78 is 29.8. The third-order valence-electron chi connectivity index (χ3n) is 8.09. The molecule has 0 aliphatic heterocycles. The molecule has 0 bridgehead atoms. The lowest BCUT2D eigenvalue weighted by Gasteiger charge is -2.35. The van der Waals surface area contributed by atoms with Gasteiger partial charge in [-0.25, -0.2) is 8.42 Å². The summed E-state index contributed by atoms with van der Waals surface area (Å²) in [6.07, 6.45) is 0.935. The van der Waals surface area contributed by atoms with Crippen LogP contribution in [0.3, 0.4) is 0 Å². The second-order valence-electron chi connectivity index (χ2n) is 11.8. The van der Waals surface area contributed by atoms with Gasteiger partial charge in [0.25, 0.3) is 10.0 Å². The van der Waals surface area contributed by atoms with Crippen LogP contribution in [-0.2, 0) is 32.6 Å². The van der Waals surface area contributed by atoms with Crippen LogP contribution in [0.1, 0.15) is 48.1 Å². The zero-order valence-electron chi connectivity index (χ0n) is 27.0. The van der Waals surface area contributed by atoms with E-state index in [-0.39, 0.29) is 29.8 Å². The molecule has 0 saturated carbocycles. The molecule has 2 amide bonds. The van der Waals surface area contributed by atoms with Gasteiger partial charge in [0.1, 0.15) is 12.6 Å². The number of halogens is 1. The first-order valence-electron chi connectivity index (χ1n) is 15.4.